The molecule has 1 saturated heterocycles. The fraction of sp³-hybridized carbons (Fsp3) is 0.923. The third-order valence-electron chi connectivity index (χ3n) is 3.19. The smallest absolute Gasteiger partial charge is 0.222 e. The van der Waals surface area contributed by atoms with Crippen molar-refractivity contribution in [1.82, 2.24) is 4.90 Å². The minimum atomic E-state index is 0.231. The summed E-state index contributed by atoms with van der Waals surface area (Å²) in [4.78, 5) is 13.9. The Labute approximate surface area is 109 Å². The van der Waals surface area contributed by atoms with Gasteiger partial charge in [-0.3, -0.25) is 4.79 Å². The van der Waals surface area contributed by atoms with E-state index in [-0.39, 0.29) is 5.91 Å². The number of unbranched alkanes of at least 4 members (excludes halogenated alkanes) is 1. The molecular formula is C13H24ClNO2. The number of alkyl halides is 1. The first-order valence-corrected chi connectivity index (χ1v) is 7.26. The number of halogens is 1. The van der Waals surface area contributed by atoms with Crippen molar-refractivity contribution in [2.24, 2.45) is 0 Å². The average molecular weight is 262 g/mol. The molecule has 1 aliphatic heterocycles. The molecule has 1 unspecified atom stereocenters. The van der Waals surface area contributed by atoms with Gasteiger partial charge in [0.1, 0.15) is 0 Å². The van der Waals surface area contributed by atoms with Crippen LogP contribution in [-0.2, 0) is 9.53 Å². The summed E-state index contributed by atoms with van der Waals surface area (Å²) in [5.41, 5.74) is 0. The fourth-order valence-electron chi connectivity index (χ4n) is 2.13. The molecule has 0 spiro atoms. The van der Waals surface area contributed by atoms with Crippen molar-refractivity contribution in [3.05, 3.63) is 0 Å². The van der Waals surface area contributed by atoms with E-state index in [1.807, 2.05) is 4.90 Å². The van der Waals surface area contributed by atoms with Crippen LogP contribution in [0.1, 0.15) is 45.4 Å². The van der Waals surface area contributed by atoms with E-state index >= 15 is 0 Å². The van der Waals surface area contributed by atoms with Gasteiger partial charge in [-0.05, 0) is 25.7 Å². The first-order valence-electron chi connectivity index (χ1n) is 6.73. The molecule has 1 amide bonds. The van der Waals surface area contributed by atoms with Gasteiger partial charge < -0.3 is 9.64 Å². The van der Waals surface area contributed by atoms with Gasteiger partial charge in [0.25, 0.3) is 0 Å². The molecule has 0 bridgehead atoms. The monoisotopic (exact) mass is 261 g/mol. The van der Waals surface area contributed by atoms with Gasteiger partial charge in [0, 0.05) is 32.0 Å². The maximum absolute atomic E-state index is 12.0. The summed E-state index contributed by atoms with van der Waals surface area (Å²) < 4.78 is 5.53. The van der Waals surface area contributed by atoms with Gasteiger partial charge in [-0.25, -0.2) is 0 Å². The zero-order chi connectivity index (χ0) is 12.5. The molecule has 1 rings (SSSR count). The highest BCUT2D eigenvalue weighted by Gasteiger charge is 2.19. The second-order valence-electron chi connectivity index (χ2n) is 4.60. The van der Waals surface area contributed by atoms with Crippen molar-refractivity contribution in [3.8, 4) is 0 Å². The highest BCUT2D eigenvalue weighted by atomic mass is 35.5. The summed E-state index contributed by atoms with van der Waals surface area (Å²) in [6.45, 7) is 4.51. The molecule has 3 nitrogen and oxygen atoms in total. The maximum Gasteiger partial charge on any atom is 0.222 e. The molecule has 100 valence electrons. The largest absolute Gasteiger partial charge is 0.378 e. The van der Waals surface area contributed by atoms with Crippen LogP contribution in [0.3, 0.4) is 0 Å². The third kappa shape index (κ3) is 5.73. The number of carbonyl (C=O) groups excluding carboxylic acids is 1. The molecule has 1 aliphatic rings. The number of rotatable bonds is 8. The maximum atomic E-state index is 12.0. The zero-order valence-electron chi connectivity index (χ0n) is 10.8. The van der Waals surface area contributed by atoms with E-state index in [0.29, 0.717) is 24.9 Å². The molecule has 4 heteroatoms. The normalized spacial score (nSPS) is 19.5. The molecule has 0 radical (unpaired) electrons. The van der Waals surface area contributed by atoms with Gasteiger partial charge in [0.15, 0.2) is 0 Å². The number of carbonyl (C=O) groups is 1. The SMILES string of the molecule is CCCCN(CCCl)C(=O)CCC1CCCO1. The summed E-state index contributed by atoms with van der Waals surface area (Å²) >= 11 is 5.73. The van der Waals surface area contributed by atoms with Crippen LogP contribution in [0.4, 0.5) is 0 Å². The molecule has 0 aromatic heterocycles. The third-order valence-corrected chi connectivity index (χ3v) is 3.36. The molecule has 17 heavy (non-hydrogen) atoms. The zero-order valence-corrected chi connectivity index (χ0v) is 11.5. The van der Waals surface area contributed by atoms with E-state index < -0.39 is 0 Å². The van der Waals surface area contributed by atoms with E-state index in [9.17, 15) is 4.79 Å². The highest BCUT2D eigenvalue weighted by molar-refractivity contribution is 6.18. The van der Waals surface area contributed by atoms with E-state index in [1.165, 1.54) is 0 Å². The van der Waals surface area contributed by atoms with Gasteiger partial charge >= 0.3 is 0 Å². The Morgan fingerprint density at radius 1 is 1.47 bits per heavy atom. The van der Waals surface area contributed by atoms with Crippen LogP contribution in [0.25, 0.3) is 0 Å². The lowest BCUT2D eigenvalue weighted by molar-refractivity contribution is -0.131. The summed E-state index contributed by atoms with van der Waals surface area (Å²) in [5.74, 6) is 0.754. The number of amides is 1. The standard InChI is InChI=1S/C13H24ClNO2/c1-2-3-9-15(10-8-14)13(16)7-6-12-5-4-11-17-12/h12H,2-11H2,1H3. The molecule has 0 saturated carbocycles. The van der Waals surface area contributed by atoms with Crippen LogP contribution >= 0.6 is 11.6 Å². The van der Waals surface area contributed by atoms with Gasteiger partial charge in [0.05, 0.1) is 6.10 Å². The van der Waals surface area contributed by atoms with Crippen LogP contribution in [0, 0.1) is 0 Å². The van der Waals surface area contributed by atoms with Gasteiger partial charge in [-0.1, -0.05) is 13.3 Å². The Morgan fingerprint density at radius 3 is 2.88 bits per heavy atom. The average Bonchev–Trinajstić information content (AvgIpc) is 2.84. The first kappa shape index (κ1) is 14.8. The van der Waals surface area contributed by atoms with Crippen molar-refractivity contribution in [1.29, 1.82) is 0 Å². The quantitative estimate of drug-likeness (QED) is 0.629. The van der Waals surface area contributed by atoms with Crippen LogP contribution in [-0.4, -0.2) is 42.5 Å². The summed E-state index contributed by atoms with van der Waals surface area (Å²) in [5, 5.41) is 0. The molecule has 1 heterocycles. The summed E-state index contributed by atoms with van der Waals surface area (Å²) in [6, 6.07) is 0. The number of ether oxygens (including phenoxy) is 1. The number of nitrogens with zero attached hydrogens (tertiary/aromatic N) is 1. The predicted molar refractivity (Wildman–Crippen MR) is 70.4 cm³/mol. The van der Waals surface area contributed by atoms with Gasteiger partial charge in [-0.15, -0.1) is 11.6 Å². The molecule has 1 atom stereocenters. The second kappa shape index (κ2) is 8.76. The molecule has 0 aromatic rings. The molecule has 0 N–H and O–H groups in total. The van der Waals surface area contributed by atoms with Crippen LogP contribution in [0.5, 0.6) is 0 Å². The van der Waals surface area contributed by atoms with E-state index in [0.717, 1.165) is 45.3 Å². The molecule has 0 aliphatic carbocycles. The molecule has 0 aromatic carbocycles. The van der Waals surface area contributed by atoms with Crippen molar-refractivity contribution < 1.29 is 9.53 Å². The van der Waals surface area contributed by atoms with E-state index in [1.54, 1.807) is 0 Å². The minimum absolute atomic E-state index is 0.231. The lowest BCUT2D eigenvalue weighted by Crippen LogP contribution is -2.34. The lowest BCUT2D eigenvalue weighted by Gasteiger charge is -2.22. The predicted octanol–water partition coefficient (Wildman–Crippen LogP) is 2.81. The fourth-order valence-corrected chi connectivity index (χ4v) is 2.33. The van der Waals surface area contributed by atoms with Crippen LogP contribution in [0.2, 0.25) is 0 Å². The van der Waals surface area contributed by atoms with E-state index in [2.05, 4.69) is 6.92 Å². The topological polar surface area (TPSA) is 29.5 Å². The summed E-state index contributed by atoms with van der Waals surface area (Å²) in [7, 11) is 0. The first-order chi connectivity index (χ1) is 8.27. The molecule has 1 fully saturated rings. The van der Waals surface area contributed by atoms with Gasteiger partial charge in [0.2, 0.25) is 5.91 Å². The second-order valence-corrected chi connectivity index (χ2v) is 4.97. The Hall–Kier alpha value is -0.280. The summed E-state index contributed by atoms with van der Waals surface area (Å²) in [6.07, 6.45) is 6.19. The van der Waals surface area contributed by atoms with Crippen LogP contribution < -0.4 is 0 Å². The van der Waals surface area contributed by atoms with Crippen molar-refractivity contribution in [3.63, 3.8) is 0 Å². The highest BCUT2D eigenvalue weighted by Crippen LogP contribution is 2.17. The Bertz CT molecular complexity index is 217. The Kier molecular flexibility index (Phi) is 7.62. The van der Waals surface area contributed by atoms with Crippen LogP contribution in [0.15, 0.2) is 0 Å². The van der Waals surface area contributed by atoms with Crippen molar-refractivity contribution in [2.45, 2.75) is 51.6 Å². The van der Waals surface area contributed by atoms with Gasteiger partial charge in [-0.2, -0.15) is 0 Å². The number of hydrogen-bond donors (Lipinski definition) is 0. The number of hydrogen-bond acceptors (Lipinski definition) is 2. The van der Waals surface area contributed by atoms with E-state index in [4.69, 9.17) is 16.3 Å². The lowest BCUT2D eigenvalue weighted by atomic mass is 10.1. The minimum Gasteiger partial charge on any atom is -0.378 e. The Balaban J connectivity index is 2.24. The van der Waals surface area contributed by atoms with Crippen molar-refractivity contribution >= 4 is 17.5 Å². The Morgan fingerprint density at radius 2 is 2.29 bits per heavy atom. The molecular weight excluding hydrogens is 238 g/mol. The van der Waals surface area contributed by atoms with Crippen molar-refractivity contribution in [2.75, 3.05) is 25.6 Å².